The van der Waals surface area contributed by atoms with E-state index < -0.39 is 0 Å². The van der Waals surface area contributed by atoms with Crippen molar-refractivity contribution in [2.24, 2.45) is 0 Å². The van der Waals surface area contributed by atoms with Crippen LogP contribution in [-0.4, -0.2) is 15.9 Å². The first-order valence-electron chi connectivity index (χ1n) is 6.11. The number of halogens is 1. The lowest BCUT2D eigenvalue weighted by molar-refractivity contribution is 0.102. The van der Waals surface area contributed by atoms with Crippen LogP contribution in [0.3, 0.4) is 0 Å². The molecule has 1 fully saturated rings. The van der Waals surface area contributed by atoms with Gasteiger partial charge in [0.05, 0.1) is 0 Å². The van der Waals surface area contributed by atoms with E-state index in [0.717, 1.165) is 18.5 Å². The van der Waals surface area contributed by atoms with Crippen LogP contribution in [0.1, 0.15) is 34.9 Å². The first kappa shape index (κ1) is 11.8. The van der Waals surface area contributed by atoms with Gasteiger partial charge < -0.3 is 5.32 Å². The SMILES string of the molecule is O=C(Nc1cccc(F)c1)c1cc(C2CC2)ncn1. The summed E-state index contributed by atoms with van der Waals surface area (Å²) < 4.78 is 13.0. The van der Waals surface area contributed by atoms with Crippen LogP contribution in [0.2, 0.25) is 0 Å². The summed E-state index contributed by atoms with van der Waals surface area (Å²) in [6.07, 6.45) is 3.62. The Bertz CT molecular complexity index is 626. The van der Waals surface area contributed by atoms with Crippen LogP contribution < -0.4 is 5.32 Å². The average Bonchev–Trinajstić information content (AvgIpc) is 3.23. The maximum Gasteiger partial charge on any atom is 0.274 e. The molecule has 0 bridgehead atoms. The number of hydrogen-bond donors (Lipinski definition) is 1. The van der Waals surface area contributed by atoms with Gasteiger partial charge in [0, 0.05) is 17.3 Å². The Balaban J connectivity index is 1.78. The van der Waals surface area contributed by atoms with E-state index in [1.807, 2.05) is 0 Å². The molecule has 0 radical (unpaired) electrons. The highest BCUT2D eigenvalue weighted by atomic mass is 19.1. The lowest BCUT2D eigenvalue weighted by atomic mass is 10.2. The van der Waals surface area contributed by atoms with Crippen LogP contribution in [0.25, 0.3) is 0 Å². The molecule has 19 heavy (non-hydrogen) atoms. The molecule has 0 aliphatic heterocycles. The molecule has 1 amide bonds. The molecule has 4 nitrogen and oxygen atoms in total. The number of carbonyl (C=O) groups is 1. The predicted octanol–water partition coefficient (Wildman–Crippen LogP) is 2.75. The van der Waals surface area contributed by atoms with Crippen LogP contribution >= 0.6 is 0 Å². The van der Waals surface area contributed by atoms with Gasteiger partial charge in [-0.15, -0.1) is 0 Å². The molecule has 96 valence electrons. The minimum absolute atomic E-state index is 0.307. The molecule has 1 saturated carbocycles. The zero-order valence-electron chi connectivity index (χ0n) is 10.1. The van der Waals surface area contributed by atoms with Crippen LogP contribution in [0.15, 0.2) is 36.7 Å². The summed E-state index contributed by atoms with van der Waals surface area (Å²) in [6, 6.07) is 7.46. The van der Waals surface area contributed by atoms with Crippen LogP contribution in [0.5, 0.6) is 0 Å². The summed E-state index contributed by atoms with van der Waals surface area (Å²) in [4.78, 5) is 20.1. The van der Waals surface area contributed by atoms with Gasteiger partial charge in [-0.2, -0.15) is 0 Å². The van der Waals surface area contributed by atoms with Gasteiger partial charge in [0.2, 0.25) is 0 Å². The third kappa shape index (κ3) is 2.76. The Kier molecular flexibility index (Phi) is 2.95. The van der Waals surface area contributed by atoms with E-state index in [0.29, 0.717) is 17.3 Å². The lowest BCUT2D eigenvalue weighted by Crippen LogP contribution is -2.14. The van der Waals surface area contributed by atoms with Crippen molar-refractivity contribution in [3.05, 3.63) is 53.9 Å². The number of carbonyl (C=O) groups excluding carboxylic acids is 1. The minimum atomic E-state index is -0.390. The standard InChI is InChI=1S/C14H12FN3O/c15-10-2-1-3-11(6-10)18-14(19)13-7-12(9-4-5-9)16-8-17-13/h1-3,6-9H,4-5H2,(H,18,19). The van der Waals surface area contributed by atoms with E-state index >= 15 is 0 Å². The van der Waals surface area contributed by atoms with Gasteiger partial charge in [-0.3, -0.25) is 4.79 Å². The summed E-state index contributed by atoms with van der Waals surface area (Å²) in [5.41, 5.74) is 1.62. The summed E-state index contributed by atoms with van der Waals surface area (Å²) in [5.74, 6) is -0.280. The Hall–Kier alpha value is -2.30. The molecule has 0 atom stereocenters. The molecular weight excluding hydrogens is 245 g/mol. The van der Waals surface area contributed by atoms with Crippen molar-refractivity contribution in [1.29, 1.82) is 0 Å². The second kappa shape index (κ2) is 4.76. The number of rotatable bonds is 3. The topological polar surface area (TPSA) is 54.9 Å². The number of benzene rings is 1. The molecule has 2 aromatic rings. The average molecular weight is 257 g/mol. The highest BCUT2D eigenvalue weighted by Gasteiger charge is 2.25. The summed E-state index contributed by atoms with van der Waals surface area (Å²) in [5, 5.41) is 2.62. The molecule has 0 unspecified atom stereocenters. The quantitative estimate of drug-likeness (QED) is 0.919. The number of aromatic nitrogens is 2. The zero-order chi connectivity index (χ0) is 13.2. The summed E-state index contributed by atoms with van der Waals surface area (Å²) in [7, 11) is 0. The Labute approximate surface area is 109 Å². The fourth-order valence-electron chi connectivity index (χ4n) is 1.86. The van der Waals surface area contributed by atoms with Gasteiger partial charge in [0.15, 0.2) is 0 Å². The van der Waals surface area contributed by atoms with Crippen molar-refractivity contribution in [1.82, 2.24) is 9.97 Å². The second-order valence-electron chi connectivity index (χ2n) is 4.57. The molecule has 1 aromatic heterocycles. The number of nitrogens with one attached hydrogen (secondary N) is 1. The zero-order valence-corrected chi connectivity index (χ0v) is 10.1. The van der Waals surface area contributed by atoms with E-state index in [1.165, 1.54) is 18.5 Å². The van der Waals surface area contributed by atoms with E-state index in [2.05, 4.69) is 15.3 Å². The number of amides is 1. The predicted molar refractivity (Wildman–Crippen MR) is 68.4 cm³/mol. The smallest absolute Gasteiger partial charge is 0.274 e. The number of anilines is 1. The minimum Gasteiger partial charge on any atom is -0.321 e. The van der Waals surface area contributed by atoms with Crippen molar-refractivity contribution < 1.29 is 9.18 Å². The van der Waals surface area contributed by atoms with Gasteiger partial charge in [-0.1, -0.05) is 6.07 Å². The van der Waals surface area contributed by atoms with Crippen LogP contribution in [-0.2, 0) is 0 Å². The Morgan fingerprint density at radius 3 is 2.84 bits per heavy atom. The van der Waals surface area contributed by atoms with Crippen molar-refractivity contribution in [2.75, 3.05) is 5.32 Å². The fraction of sp³-hybridized carbons (Fsp3) is 0.214. The van der Waals surface area contributed by atoms with E-state index in [9.17, 15) is 9.18 Å². The van der Waals surface area contributed by atoms with Crippen molar-refractivity contribution in [3.63, 3.8) is 0 Å². The molecule has 3 rings (SSSR count). The number of hydrogen-bond acceptors (Lipinski definition) is 3. The molecule has 1 N–H and O–H groups in total. The monoisotopic (exact) mass is 257 g/mol. The number of nitrogens with zero attached hydrogens (tertiary/aromatic N) is 2. The van der Waals surface area contributed by atoms with Gasteiger partial charge >= 0.3 is 0 Å². The molecule has 1 aromatic carbocycles. The van der Waals surface area contributed by atoms with E-state index in [-0.39, 0.29) is 11.7 Å². The van der Waals surface area contributed by atoms with Gasteiger partial charge in [0.25, 0.3) is 5.91 Å². The van der Waals surface area contributed by atoms with Crippen molar-refractivity contribution in [3.8, 4) is 0 Å². The van der Waals surface area contributed by atoms with E-state index in [1.54, 1.807) is 18.2 Å². The molecular formula is C14H12FN3O. The summed E-state index contributed by atoms with van der Waals surface area (Å²) >= 11 is 0. The van der Waals surface area contributed by atoms with Crippen molar-refractivity contribution in [2.45, 2.75) is 18.8 Å². The highest BCUT2D eigenvalue weighted by molar-refractivity contribution is 6.02. The summed E-state index contributed by atoms with van der Waals surface area (Å²) in [6.45, 7) is 0. The third-order valence-corrected chi connectivity index (χ3v) is 3.00. The molecule has 0 spiro atoms. The molecule has 5 heteroatoms. The highest BCUT2D eigenvalue weighted by Crippen LogP contribution is 2.38. The normalized spacial score (nSPS) is 14.2. The van der Waals surface area contributed by atoms with Crippen molar-refractivity contribution >= 4 is 11.6 Å². The molecule has 1 heterocycles. The second-order valence-corrected chi connectivity index (χ2v) is 4.57. The van der Waals surface area contributed by atoms with Crippen LogP contribution in [0, 0.1) is 5.82 Å². The maximum atomic E-state index is 13.0. The fourth-order valence-corrected chi connectivity index (χ4v) is 1.86. The van der Waals surface area contributed by atoms with Gasteiger partial charge in [-0.25, -0.2) is 14.4 Å². The largest absolute Gasteiger partial charge is 0.321 e. The molecule has 0 saturated heterocycles. The van der Waals surface area contributed by atoms with Crippen LogP contribution in [0.4, 0.5) is 10.1 Å². The molecule has 1 aliphatic rings. The van der Waals surface area contributed by atoms with Gasteiger partial charge in [-0.05, 0) is 37.1 Å². The van der Waals surface area contributed by atoms with E-state index in [4.69, 9.17) is 0 Å². The lowest BCUT2D eigenvalue weighted by Gasteiger charge is -2.05. The Morgan fingerprint density at radius 1 is 1.26 bits per heavy atom. The maximum absolute atomic E-state index is 13.0. The van der Waals surface area contributed by atoms with Gasteiger partial charge in [0.1, 0.15) is 17.8 Å². The first-order valence-corrected chi connectivity index (χ1v) is 6.11. The first-order chi connectivity index (χ1) is 9.22. The molecule has 1 aliphatic carbocycles. The Morgan fingerprint density at radius 2 is 2.11 bits per heavy atom. The third-order valence-electron chi connectivity index (χ3n) is 3.00.